The summed E-state index contributed by atoms with van der Waals surface area (Å²) in [6, 6.07) is 15.0. The van der Waals surface area contributed by atoms with Crippen molar-refractivity contribution in [2.45, 2.75) is 18.9 Å². The summed E-state index contributed by atoms with van der Waals surface area (Å²) >= 11 is 1.27. The molecule has 9 heteroatoms. The van der Waals surface area contributed by atoms with Crippen LogP contribution in [-0.2, 0) is 0 Å². The van der Waals surface area contributed by atoms with Crippen molar-refractivity contribution in [2.24, 2.45) is 0 Å². The summed E-state index contributed by atoms with van der Waals surface area (Å²) in [6.45, 7) is 1.63. The van der Waals surface area contributed by atoms with E-state index in [4.69, 9.17) is 5.11 Å². The van der Waals surface area contributed by atoms with E-state index in [1.165, 1.54) is 23.6 Å². The van der Waals surface area contributed by atoms with E-state index in [1.54, 1.807) is 12.1 Å². The van der Waals surface area contributed by atoms with Crippen LogP contribution in [-0.4, -0.2) is 40.1 Å². The molecule has 1 aromatic carbocycles. The average Bonchev–Trinajstić information content (AvgIpc) is 3.25. The molecule has 1 aliphatic rings. The number of hydrogen-bond acceptors (Lipinski definition) is 7. The number of thiophene rings is 1. The number of carbonyl (C=O) groups is 1. The average molecular weight is 424 g/mol. The Morgan fingerprint density at radius 1 is 1.20 bits per heavy atom. The van der Waals surface area contributed by atoms with Crippen LogP contribution in [0.2, 0.25) is 0 Å². The number of benzene rings is 1. The molecule has 0 spiro atoms. The molecule has 0 aliphatic carbocycles. The Morgan fingerprint density at radius 2 is 2.00 bits per heavy atom. The van der Waals surface area contributed by atoms with Crippen molar-refractivity contribution >= 4 is 34.5 Å². The second-order valence-electron chi connectivity index (χ2n) is 7.09. The highest BCUT2D eigenvalue weighted by Gasteiger charge is 2.21. The standard InChI is InChI=1S/C21H20N4O4S/c26-21(27)19-6-5-18(30-19)14-2-1-3-16(12-14)23-15-8-10-24(11-9-15)20-7-4-17(13-22-20)25(28)29/h1-7,12-13,15,23H,8-11H2,(H,26,27). The van der Waals surface area contributed by atoms with Crippen LogP contribution in [0.1, 0.15) is 22.5 Å². The van der Waals surface area contributed by atoms with Gasteiger partial charge >= 0.3 is 5.97 Å². The summed E-state index contributed by atoms with van der Waals surface area (Å²) in [5.41, 5.74) is 1.99. The smallest absolute Gasteiger partial charge is 0.345 e. The number of rotatable bonds is 6. The third-order valence-corrected chi connectivity index (χ3v) is 6.22. The predicted molar refractivity (Wildman–Crippen MR) is 116 cm³/mol. The van der Waals surface area contributed by atoms with Gasteiger partial charge in [0, 0.05) is 35.8 Å². The first-order chi connectivity index (χ1) is 14.5. The molecule has 1 aliphatic heterocycles. The number of carboxylic acids is 1. The minimum absolute atomic E-state index is 0.00333. The van der Waals surface area contributed by atoms with Gasteiger partial charge in [-0.05, 0) is 48.7 Å². The quantitative estimate of drug-likeness (QED) is 0.443. The first-order valence-corrected chi connectivity index (χ1v) is 10.4. The monoisotopic (exact) mass is 424 g/mol. The van der Waals surface area contributed by atoms with Crippen molar-refractivity contribution in [2.75, 3.05) is 23.3 Å². The van der Waals surface area contributed by atoms with E-state index in [9.17, 15) is 14.9 Å². The van der Waals surface area contributed by atoms with E-state index in [2.05, 4.69) is 15.2 Å². The summed E-state index contributed by atoms with van der Waals surface area (Å²) in [6.07, 6.45) is 3.14. The molecule has 4 rings (SSSR count). The number of hydrogen-bond donors (Lipinski definition) is 2. The second kappa shape index (κ2) is 8.50. The molecule has 0 radical (unpaired) electrons. The Kier molecular flexibility index (Phi) is 5.62. The van der Waals surface area contributed by atoms with Gasteiger partial charge in [-0.3, -0.25) is 10.1 Å². The number of aromatic carboxylic acids is 1. The van der Waals surface area contributed by atoms with Crippen molar-refractivity contribution in [3.05, 3.63) is 69.7 Å². The van der Waals surface area contributed by atoms with Gasteiger partial charge in [0.15, 0.2) is 0 Å². The lowest BCUT2D eigenvalue weighted by Gasteiger charge is -2.33. The Hall–Kier alpha value is -3.46. The van der Waals surface area contributed by atoms with Gasteiger partial charge in [-0.25, -0.2) is 9.78 Å². The first kappa shape index (κ1) is 19.8. The van der Waals surface area contributed by atoms with Crippen molar-refractivity contribution in [3.8, 4) is 10.4 Å². The number of pyridine rings is 1. The molecule has 1 saturated heterocycles. The van der Waals surface area contributed by atoms with Crippen molar-refractivity contribution in [1.29, 1.82) is 0 Å². The highest BCUT2D eigenvalue weighted by molar-refractivity contribution is 7.17. The molecule has 30 heavy (non-hydrogen) atoms. The molecule has 2 N–H and O–H groups in total. The molecule has 154 valence electrons. The first-order valence-electron chi connectivity index (χ1n) is 9.55. The summed E-state index contributed by atoms with van der Waals surface area (Å²) in [7, 11) is 0. The number of anilines is 2. The van der Waals surface area contributed by atoms with Crippen LogP contribution in [0.4, 0.5) is 17.2 Å². The van der Waals surface area contributed by atoms with Gasteiger partial charge in [0.05, 0.1) is 4.92 Å². The molecular formula is C21H20N4O4S. The van der Waals surface area contributed by atoms with Gasteiger partial charge in [-0.1, -0.05) is 12.1 Å². The fourth-order valence-electron chi connectivity index (χ4n) is 3.53. The molecule has 3 heterocycles. The van der Waals surface area contributed by atoms with E-state index in [-0.39, 0.29) is 5.69 Å². The molecule has 0 saturated carbocycles. The molecule has 3 aromatic rings. The number of carboxylic acid groups (broad SMARTS) is 1. The lowest BCUT2D eigenvalue weighted by Crippen LogP contribution is -2.39. The van der Waals surface area contributed by atoms with Gasteiger partial charge in [0.1, 0.15) is 16.9 Å². The summed E-state index contributed by atoms with van der Waals surface area (Å²) in [4.78, 5) is 29.0. The molecule has 0 amide bonds. The maximum absolute atomic E-state index is 11.1. The van der Waals surface area contributed by atoms with E-state index in [1.807, 2.05) is 30.3 Å². The van der Waals surface area contributed by atoms with Crippen molar-refractivity contribution < 1.29 is 14.8 Å². The lowest BCUT2D eigenvalue weighted by atomic mass is 10.0. The highest BCUT2D eigenvalue weighted by atomic mass is 32.1. The molecule has 2 aromatic heterocycles. The topological polar surface area (TPSA) is 109 Å². The maximum Gasteiger partial charge on any atom is 0.345 e. The summed E-state index contributed by atoms with van der Waals surface area (Å²) < 4.78 is 0. The van der Waals surface area contributed by atoms with Crippen LogP contribution >= 0.6 is 11.3 Å². The van der Waals surface area contributed by atoms with Crippen LogP contribution in [0.25, 0.3) is 10.4 Å². The molecule has 8 nitrogen and oxygen atoms in total. The summed E-state index contributed by atoms with van der Waals surface area (Å²) in [5.74, 6) is -0.150. The van der Waals surface area contributed by atoms with E-state index < -0.39 is 10.9 Å². The Morgan fingerprint density at radius 3 is 2.63 bits per heavy atom. The fourth-order valence-corrected chi connectivity index (χ4v) is 4.37. The van der Waals surface area contributed by atoms with E-state index >= 15 is 0 Å². The molecule has 0 bridgehead atoms. The van der Waals surface area contributed by atoms with Gasteiger partial charge in [0.2, 0.25) is 0 Å². The third kappa shape index (κ3) is 4.41. The number of nitrogens with zero attached hydrogens (tertiary/aromatic N) is 3. The molecular weight excluding hydrogens is 404 g/mol. The number of piperidine rings is 1. The van der Waals surface area contributed by atoms with Gasteiger partial charge in [0.25, 0.3) is 5.69 Å². The van der Waals surface area contributed by atoms with Crippen molar-refractivity contribution in [3.63, 3.8) is 0 Å². The lowest BCUT2D eigenvalue weighted by molar-refractivity contribution is -0.385. The third-order valence-electron chi connectivity index (χ3n) is 5.10. The Labute approximate surface area is 177 Å². The Bertz CT molecular complexity index is 1060. The van der Waals surface area contributed by atoms with Gasteiger partial charge in [-0.15, -0.1) is 11.3 Å². The zero-order chi connectivity index (χ0) is 21.1. The SMILES string of the molecule is O=C(O)c1ccc(-c2cccc(NC3CCN(c4ccc([N+](=O)[O-])cn4)CC3)c2)s1. The van der Waals surface area contributed by atoms with E-state index in [0.717, 1.165) is 47.9 Å². The summed E-state index contributed by atoms with van der Waals surface area (Å²) in [5, 5.41) is 23.5. The second-order valence-corrected chi connectivity index (χ2v) is 8.17. The number of aromatic nitrogens is 1. The maximum atomic E-state index is 11.1. The number of nitrogens with one attached hydrogen (secondary N) is 1. The number of nitro groups is 1. The minimum Gasteiger partial charge on any atom is -0.477 e. The van der Waals surface area contributed by atoms with Gasteiger partial charge in [-0.2, -0.15) is 0 Å². The van der Waals surface area contributed by atoms with Gasteiger partial charge < -0.3 is 15.3 Å². The zero-order valence-electron chi connectivity index (χ0n) is 16.0. The van der Waals surface area contributed by atoms with Crippen molar-refractivity contribution in [1.82, 2.24) is 4.98 Å². The molecule has 0 unspecified atom stereocenters. The Balaban J connectivity index is 1.37. The molecule has 1 fully saturated rings. The van der Waals surface area contributed by atoms with Crippen LogP contribution in [0.3, 0.4) is 0 Å². The normalized spacial score (nSPS) is 14.5. The largest absolute Gasteiger partial charge is 0.477 e. The molecule has 0 atom stereocenters. The van der Waals surface area contributed by atoms with Crippen LogP contribution in [0.5, 0.6) is 0 Å². The minimum atomic E-state index is -0.908. The fraction of sp³-hybridized carbons (Fsp3) is 0.238. The van der Waals surface area contributed by atoms with E-state index in [0.29, 0.717) is 10.9 Å². The van der Waals surface area contributed by atoms with Crippen LogP contribution < -0.4 is 10.2 Å². The highest BCUT2D eigenvalue weighted by Crippen LogP contribution is 2.30. The van der Waals surface area contributed by atoms with Crippen LogP contribution in [0.15, 0.2) is 54.7 Å². The van der Waals surface area contributed by atoms with Crippen LogP contribution in [0, 0.1) is 10.1 Å². The predicted octanol–water partition coefficient (Wildman–Crippen LogP) is 4.50. The zero-order valence-corrected chi connectivity index (χ0v) is 16.8.